The SMILES string of the molecule is Cc1nccc(CNC[C@H](C)O)n1. The van der Waals surface area contributed by atoms with E-state index in [1.165, 1.54) is 0 Å². The Bertz CT molecular complexity index is 263. The van der Waals surface area contributed by atoms with Gasteiger partial charge >= 0.3 is 0 Å². The van der Waals surface area contributed by atoms with E-state index in [4.69, 9.17) is 5.11 Å². The molecule has 0 aliphatic heterocycles. The van der Waals surface area contributed by atoms with Crippen molar-refractivity contribution in [3.05, 3.63) is 23.8 Å². The van der Waals surface area contributed by atoms with E-state index in [9.17, 15) is 0 Å². The summed E-state index contributed by atoms with van der Waals surface area (Å²) in [6, 6.07) is 1.86. The molecule has 0 fully saturated rings. The predicted octanol–water partition coefficient (Wildman–Crippen LogP) is 0.255. The highest BCUT2D eigenvalue weighted by Crippen LogP contribution is 1.93. The molecule has 1 aromatic rings. The van der Waals surface area contributed by atoms with Gasteiger partial charge in [-0.25, -0.2) is 9.97 Å². The molecule has 1 rings (SSSR count). The van der Waals surface area contributed by atoms with E-state index in [0.29, 0.717) is 13.1 Å². The average molecular weight is 181 g/mol. The maximum Gasteiger partial charge on any atom is 0.125 e. The lowest BCUT2D eigenvalue weighted by Crippen LogP contribution is -2.24. The van der Waals surface area contributed by atoms with E-state index < -0.39 is 0 Å². The summed E-state index contributed by atoms with van der Waals surface area (Å²) in [4.78, 5) is 8.21. The van der Waals surface area contributed by atoms with Crippen molar-refractivity contribution < 1.29 is 5.11 Å². The molecule has 0 saturated carbocycles. The lowest BCUT2D eigenvalue weighted by atomic mass is 10.3. The zero-order valence-corrected chi connectivity index (χ0v) is 7.99. The van der Waals surface area contributed by atoms with Crippen molar-refractivity contribution >= 4 is 0 Å². The molecule has 0 unspecified atom stereocenters. The van der Waals surface area contributed by atoms with Gasteiger partial charge in [-0.05, 0) is 19.9 Å². The van der Waals surface area contributed by atoms with Gasteiger partial charge in [-0.15, -0.1) is 0 Å². The lowest BCUT2D eigenvalue weighted by molar-refractivity contribution is 0.191. The van der Waals surface area contributed by atoms with Crippen LogP contribution >= 0.6 is 0 Å². The smallest absolute Gasteiger partial charge is 0.125 e. The van der Waals surface area contributed by atoms with Gasteiger partial charge in [0, 0.05) is 19.3 Å². The van der Waals surface area contributed by atoms with Crippen LogP contribution < -0.4 is 5.32 Å². The first-order chi connectivity index (χ1) is 6.18. The van der Waals surface area contributed by atoms with Gasteiger partial charge in [0.25, 0.3) is 0 Å². The second-order valence-electron chi connectivity index (χ2n) is 3.08. The summed E-state index contributed by atoms with van der Waals surface area (Å²) >= 11 is 0. The molecule has 72 valence electrons. The van der Waals surface area contributed by atoms with Crippen LogP contribution in [-0.4, -0.2) is 27.7 Å². The number of rotatable bonds is 4. The van der Waals surface area contributed by atoms with E-state index in [0.717, 1.165) is 11.5 Å². The Labute approximate surface area is 78.0 Å². The molecule has 2 N–H and O–H groups in total. The first-order valence-electron chi connectivity index (χ1n) is 4.36. The van der Waals surface area contributed by atoms with Crippen LogP contribution in [0.15, 0.2) is 12.3 Å². The normalized spacial score (nSPS) is 12.8. The maximum atomic E-state index is 8.99. The number of hydrogen-bond donors (Lipinski definition) is 2. The molecule has 0 bridgehead atoms. The van der Waals surface area contributed by atoms with Crippen molar-refractivity contribution in [2.45, 2.75) is 26.5 Å². The van der Waals surface area contributed by atoms with Crippen LogP contribution in [0.5, 0.6) is 0 Å². The highest BCUT2D eigenvalue weighted by atomic mass is 16.3. The quantitative estimate of drug-likeness (QED) is 0.699. The van der Waals surface area contributed by atoms with Crippen molar-refractivity contribution in [1.29, 1.82) is 0 Å². The summed E-state index contributed by atoms with van der Waals surface area (Å²) in [5.74, 6) is 0.774. The van der Waals surface area contributed by atoms with Gasteiger partial charge in [0.05, 0.1) is 11.8 Å². The molecule has 0 aliphatic rings. The molecule has 0 radical (unpaired) electrons. The monoisotopic (exact) mass is 181 g/mol. The number of nitrogens with one attached hydrogen (secondary N) is 1. The molecular weight excluding hydrogens is 166 g/mol. The topological polar surface area (TPSA) is 58.0 Å². The van der Waals surface area contributed by atoms with E-state index in [1.807, 2.05) is 13.0 Å². The van der Waals surface area contributed by atoms with Crippen LogP contribution in [0.25, 0.3) is 0 Å². The van der Waals surface area contributed by atoms with E-state index >= 15 is 0 Å². The van der Waals surface area contributed by atoms with E-state index in [2.05, 4.69) is 15.3 Å². The van der Waals surface area contributed by atoms with Gasteiger partial charge in [0.1, 0.15) is 5.82 Å². The first-order valence-corrected chi connectivity index (χ1v) is 4.36. The molecule has 1 aromatic heterocycles. The third-order valence-corrected chi connectivity index (χ3v) is 1.58. The summed E-state index contributed by atoms with van der Waals surface area (Å²) in [5, 5.41) is 12.1. The van der Waals surface area contributed by atoms with Crippen LogP contribution in [0.3, 0.4) is 0 Å². The first kappa shape index (κ1) is 10.1. The Morgan fingerprint density at radius 1 is 1.62 bits per heavy atom. The third kappa shape index (κ3) is 3.96. The van der Waals surface area contributed by atoms with Crippen LogP contribution in [0.4, 0.5) is 0 Å². The van der Waals surface area contributed by atoms with Gasteiger partial charge < -0.3 is 10.4 Å². The lowest BCUT2D eigenvalue weighted by Gasteiger charge is -2.06. The summed E-state index contributed by atoms with van der Waals surface area (Å²) < 4.78 is 0. The Hall–Kier alpha value is -1.00. The van der Waals surface area contributed by atoms with E-state index in [1.54, 1.807) is 13.1 Å². The van der Waals surface area contributed by atoms with Crippen LogP contribution in [0, 0.1) is 6.92 Å². The number of aliphatic hydroxyl groups excluding tert-OH is 1. The van der Waals surface area contributed by atoms with Crippen molar-refractivity contribution in [1.82, 2.24) is 15.3 Å². The Morgan fingerprint density at radius 2 is 2.38 bits per heavy atom. The van der Waals surface area contributed by atoms with Crippen molar-refractivity contribution in [3.8, 4) is 0 Å². The zero-order chi connectivity index (χ0) is 9.68. The summed E-state index contributed by atoms with van der Waals surface area (Å²) in [6.07, 6.45) is 1.42. The number of hydrogen-bond acceptors (Lipinski definition) is 4. The summed E-state index contributed by atoms with van der Waals surface area (Å²) in [7, 11) is 0. The third-order valence-electron chi connectivity index (χ3n) is 1.58. The fourth-order valence-electron chi connectivity index (χ4n) is 1.01. The fourth-order valence-corrected chi connectivity index (χ4v) is 1.01. The minimum Gasteiger partial charge on any atom is -0.392 e. The Kier molecular flexibility index (Phi) is 3.79. The van der Waals surface area contributed by atoms with Gasteiger partial charge in [-0.3, -0.25) is 0 Å². The molecule has 13 heavy (non-hydrogen) atoms. The van der Waals surface area contributed by atoms with Gasteiger partial charge in [0.2, 0.25) is 0 Å². The van der Waals surface area contributed by atoms with Gasteiger partial charge in [0.15, 0.2) is 0 Å². The average Bonchev–Trinajstić information content (AvgIpc) is 2.03. The number of nitrogens with zero attached hydrogens (tertiary/aromatic N) is 2. The minimum absolute atomic E-state index is 0.317. The zero-order valence-electron chi connectivity index (χ0n) is 7.99. The molecule has 4 heteroatoms. The van der Waals surface area contributed by atoms with Crippen LogP contribution in [0.2, 0.25) is 0 Å². The van der Waals surface area contributed by atoms with Crippen LogP contribution in [-0.2, 0) is 6.54 Å². The Balaban J connectivity index is 2.37. The second kappa shape index (κ2) is 4.89. The largest absolute Gasteiger partial charge is 0.392 e. The molecular formula is C9H15N3O. The van der Waals surface area contributed by atoms with Crippen molar-refractivity contribution in [2.75, 3.05) is 6.54 Å². The Morgan fingerprint density at radius 3 is 3.00 bits per heavy atom. The van der Waals surface area contributed by atoms with E-state index in [-0.39, 0.29) is 6.10 Å². The molecule has 0 aliphatic carbocycles. The van der Waals surface area contributed by atoms with Crippen LogP contribution in [0.1, 0.15) is 18.4 Å². The van der Waals surface area contributed by atoms with Crippen molar-refractivity contribution in [2.24, 2.45) is 0 Å². The molecule has 0 spiro atoms. The number of aliphatic hydroxyl groups is 1. The van der Waals surface area contributed by atoms with Gasteiger partial charge in [-0.1, -0.05) is 0 Å². The maximum absolute atomic E-state index is 8.99. The number of aryl methyl sites for hydroxylation is 1. The fraction of sp³-hybridized carbons (Fsp3) is 0.556. The molecule has 0 saturated heterocycles. The molecule has 1 atom stereocenters. The standard InChI is InChI=1S/C9H15N3O/c1-7(13)5-10-6-9-3-4-11-8(2)12-9/h3-4,7,10,13H,5-6H2,1-2H3/t7-/m0/s1. The summed E-state index contributed by atoms with van der Waals surface area (Å²) in [5.41, 5.74) is 0.952. The molecule has 0 amide bonds. The molecule has 4 nitrogen and oxygen atoms in total. The molecule has 1 heterocycles. The molecule has 0 aromatic carbocycles. The summed E-state index contributed by atoms with van der Waals surface area (Å²) in [6.45, 7) is 4.87. The van der Waals surface area contributed by atoms with Crippen molar-refractivity contribution in [3.63, 3.8) is 0 Å². The second-order valence-corrected chi connectivity index (χ2v) is 3.08. The number of aromatic nitrogens is 2. The highest BCUT2D eigenvalue weighted by molar-refractivity contribution is 5.00. The predicted molar refractivity (Wildman–Crippen MR) is 50.2 cm³/mol. The van der Waals surface area contributed by atoms with Gasteiger partial charge in [-0.2, -0.15) is 0 Å². The highest BCUT2D eigenvalue weighted by Gasteiger charge is 1.97. The minimum atomic E-state index is -0.317.